The molecule has 144 valence electrons. The Morgan fingerprint density at radius 1 is 1.22 bits per heavy atom. The molecule has 0 atom stereocenters. The Bertz CT molecular complexity index is 761. The highest BCUT2D eigenvalue weighted by Crippen LogP contribution is 2.28. The second kappa shape index (κ2) is 9.65. The standard InChI is InChI=1S/C22H27ClN2O2/c1-2-13-25-14-3-4-18-15-17(5-10-21(18)25)11-12-24-22(26)16-27-20-8-6-19(23)7-9-20/h5-10,15H,2-4,11-14,16H2,1H3,(H,24,26). The molecule has 1 aliphatic rings. The number of hydrogen-bond donors (Lipinski definition) is 1. The van der Waals surface area contributed by atoms with Gasteiger partial charge in [0.05, 0.1) is 0 Å². The van der Waals surface area contributed by atoms with Crippen LogP contribution >= 0.6 is 11.6 Å². The number of aryl methyl sites for hydroxylation is 1. The highest BCUT2D eigenvalue weighted by molar-refractivity contribution is 6.30. The van der Waals surface area contributed by atoms with E-state index in [1.165, 1.54) is 29.7 Å². The molecule has 2 aromatic carbocycles. The summed E-state index contributed by atoms with van der Waals surface area (Å²) < 4.78 is 5.46. The van der Waals surface area contributed by atoms with Crippen LogP contribution in [0, 0.1) is 0 Å². The average Bonchev–Trinajstić information content (AvgIpc) is 2.68. The molecule has 0 bridgehead atoms. The van der Waals surface area contributed by atoms with E-state index in [0.717, 1.165) is 25.9 Å². The second-order valence-corrected chi connectivity index (χ2v) is 7.33. The zero-order valence-corrected chi connectivity index (χ0v) is 16.6. The fourth-order valence-electron chi connectivity index (χ4n) is 3.46. The topological polar surface area (TPSA) is 41.6 Å². The monoisotopic (exact) mass is 386 g/mol. The number of ether oxygens (including phenoxy) is 1. The number of anilines is 1. The maximum absolute atomic E-state index is 12.0. The zero-order valence-electron chi connectivity index (χ0n) is 15.8. The van der Waals surface area contributed by atoms with Crippen LogP contribution in [-0.4, -0.2) is 32.1 Å². The Morgan fingerprint density at radius 3 is 2.81 bits per heavy atom. The normalized spacial score (nSPS) is 13.2. The van der Waals surface area contributed by atoms with E-state index >= 15 is 0 Å². The number of carbonyl (C=O) groups is 1. The van der Waals surface area contributed by atoms with Crippen molar-refractivity contribution < 1.29 is 9.53 Å². The predicted molar refractivity (Wildman–Crippen MR) is 111 cm³/mol. The van der Waals surface area contributed by atoms with E-state index in [9.17, 15) is 4.79 Å². The first-order valence-electron chi connectivity index (χ1n) is 9.67. The summed E-state index contributed by atoms with van der Waals surface area (Å²) >= 11 is 5.83. The first kappa shape index (κ1) is 19.6. The molecule has 1 aliphatic heterocycles. The van der Waals surface area contributed by atoms with Crippen molar-refractivity contribution >= 4 is 23.2 Å². The molecule has 3 rings (SSSR count). The third kappa shape index (κ3) is 5.64. The van der Waals surface area contributed by atoms with Crippen molar-refractivity contribution in [3.63, 3.8) is 0 Å². The molecule has 0 fully saturated rings. The number of amides is 1. The van der Waals surface area contributed by atoms with Crippen molar-refractivity contribution in [2.45, 2.75) is 32.6 Å². The van der Waals surface area contributed by atoms with Gasteiger partial charge in [-0.1, -0.05) is 30.7 Å². The first-order valence-corrected chi connectivity index (χ1v) is 10.1. The molecule has 0 saturated heterocycles. The van der Waals surface area contributed by atoms with E-state index in [2.05, 4.69) is 35.3 Å². The highest BCUT2D eigenvalue weighted by Gasteiger charge is 2.16. The minimum Gasteiger partial charge on any atom is -0.484 e. The van der Waals surface area contributed by atoms with Gasteiger partial charge in [0.15, 0.2) is 6.61 Å². The van der Waals surface area contributed by atoms with E-state index in [4.69, 9.17) is 16.3 Å². The fourth-order valence-corrected chi connectivity index (χ4v) is 3.59. The second-order valence-electron chi connectivity index (χ2n) is 6.90. The highest BCUT2D eigenvalue weighted by atomic mass is 35.5. The molecule has 0 radical (unpaired) electrons. The van der Waals surface area contributed by atoms with Gasteiger partial charge in [0, 0.05) is 30.3 Å². The van der Waals surface area contributed by atoms with Crippen LogP contribution < -0.4 is 15.0 Å². The van der Waals surface area contributed by atoms with Gasteiger partial charge in [-0.15, -0.1) is 0 Å². The quantitative estimate of drug-likeness (QED) is 0.737. The minimum absolute atomic E-state index is 0.0117. The lowest BCUT2D eigenvalue weighted by atomic mass is 9.98. The van der Waals surface area contributed by atoms with E-state index < -0.39 is 0 Å². The smallest absolute Gasteiger partial charge is 0.257 e. The molecule has 0 aliphatic carbocycles. The Labute approximate surface area is 166 Å². The summed E-state index contributed by atoms with van der Waals surface area (Å²) in [4.78, 5) is 14.4. The summed E-state index contributed by atoms with van der Waals surface area (Å²) in [7, 11) is 0. The van der Waals surface area contributed by atoms with Crippen LogP contribution in [0.5, 0.6) is 5.75 Å². The van der Waals surface area contributed by atoms with Gasteiger partial charge < -0.3 is 15.0 Å². The third-order valence-corrected chi connectivity index (χ3v) is 5.02. The summed E-state index contributed by atoms with van der Waals surface area (Å²) in [5.41, 5.74) is 4.09. The van der Waals surface area contributed by atoms with Crippen molar-refractivity contribution in [3.05, 3.63) is 58.6 Å². The first-order chi connectivity index (χ1) is 13.2. The molecule has 0 unspecified atom stereocenters. The number of halogens is 1. The van der Waals surface area contributed by atoms with Crippen LogP contribution in [-0.2, 0) is 17.6 Å². The van der Waals surface area contributed by atoms with Crippen LogP contribution in [0.2, 0.25) is 5.02 Å². The number of hydrogen-bond acceptors (Lipinski definition) is 3. The van der Waals surface area contributed by atoms with Gasteiger partial charge in [-0.2, -0.15) is 0 Å². The van der Waals surface area contributed by atoms with Gasteiger partial charge in [0.1, 0.15) is 5.75 Å². The summed E-state index contributed by atoms with van der Waals surface area (Å²) in [6, 6.07) is 13.7. The minimum atomic E-state index is -0.114. The number of nitrogens with zero attached hydrogens (tertiary/aromatic N) is 1. The molecule has 5 heteroatoms. The van der Waals surface area contributed by atoms with Crippen LogP contribution in [0.3, 0.4) is 0 Å². The molecule has 0 aromatic heterocycles. The maximum Gasteiger partial charge on any atom is 0.257 e. The van der Waals surface area contributed by atoms with Gasteiger partial charge in [-0.25, -0.2) is 0 Å². The van der Waals surface area contributed by atoms with Crippen molar-refractivity contribution in [2.75, 3.05) is 31.1 Å². The number of carbonyl (C=O) groups excluding carboxylic acids is 1. The van der Waals surface area contributed by atoms with Crippen LogP contribution in [0.15, 0.2) is 42.5 Å². The third-order valence-electron chi connectivity index (χ3n) is 4.77. The van der Waals surface area contributed by atoms with Gasteiger partial charge in [0.2, 0.25) is 0 Å². The zero-order chi connectivity index (χ0) is 19.1. The maximum atomic E-state index is 12.0. The molecule has 1 heterocycles. The number of benzene rings is 2. The number of fused-ring (bicyclic) bond motifs is 1. The van der Waals surface area contributed by atoms with Crippen LogP contribution in [0.4, 0.5) is 5.69 Å². The molecule has 0 spiro atoms. The lowest BCUT2D eigenvalue weighted by Crippen LogP contribution is -2.31. The largest absolute Gasteiger partial charge is 0.484 e. The summed E-state index contributed by atoms with van der Waals surface area (Å²) in [5, 5.41) is 3.57. The molecule has 27 heavy (non-hydrogen) atoms. The van der Waals surface area contributed by atoms with Gasteiger partial charge in [-0.3, -0.25) is 4.79 Å². The molecule has 1 amide bonds. The molecule has 2 aromatic rings. The fraction of sp³-hybridized carbons (Fsp3) is 0.409. The van der Waals surface area contributed by atoms with Crippen LogP contribution in [0.25, 0.3) is 0 Å². The number of nitrogens with one attached hydrogen (secondary N) is 1. The lowest BCUT2D eigenvalue weighted by molar-refractivity contribution is -0.123. The molecular weight excluding hydrogens is 360 g/mol. The Morgan fingerprint density at radius 2 is 2.04 bits per heavy atom. The van der Waals surface area contributed by atoms with Gasteiger partial charge in [0.25, 0.3) is 5.91 Å². The van der Waals surface area contributed by atoms with E-state index in [1.807, 2.05) is 0 Å². The molecule has 4 nitrogen and oxygen atoms in total. The van der Waals surface area contributed by atoms with E-state index in [0.29, 0.717) is 17.3 Å². The number of rotatable bonds is 8. The van der Waals surface area contributed by atoms with Crippen molar-refractivity contribution in [2.24, 2.45) is 0 Å². The summed E-state index contributed by atoms with van der Waals surface area (Å²) in [5.74, 6) is 0.526. The summed E-state index contributed by atoms with van der Waals surface area (Å²) in [6.07, 6.45) is 4.36. The van der Waals surface area contributed by atoms with E-state index in [1.54, 1.807) is 24.3 Å². The van der Waals surface area contributed by atoms with Gasteiger partial charge in [-0.05, 0) is 67.1 Å². The summed E-state index contributed by atoms with van der Waals surface area (Å²) in [6.45, 7) is 5.12. The predicted octanol–water partition coefficient (Wildman–Crippen LogP) is 4.24. The SMILES string of the molecule is CCCN1CCCc2cc(CCNC(=O)COc3ccc(Cl)cc3)ccc21. The van der Waals surface area contributed by atoms with Crippen molar-refractivity contribution in [3.8, 4) is 5.75 Å². The lowest BCUT2D eigenvalue weighted by Gasteiger charge is -2.31. The van der Waals surface area contributed by atoms with Crippen molar-refractivity contribution in [1.82, 2.24) is 5.32 Å². The average molecular weight is 387 g/mol. The van der Waals surface area contributed by atoms with Gasteiger partial charge >= 0.3 is 0 Å². The molecular formula is C22H27ClN2O2. The van der Waals surface area contributed by atoms with Crippen molar-refractivity contribution in [1.29, 1.82) is 0 Å². The van der Waals surface area contributed by atoms with Crippen LogP contribution in [0.1, 0.15) is 30.9 Å². The molecule has 0 saturated carbocycles. The molecule has 1 N–H and O–H groups in total. The van der Waals surface area contributed by atoms with E-state index in [-0.39, 0.29) is 12.5 Å². The Hall–Kier alpha value is -2.20. The Balaban J connectivity index is 1.44. The Kier molecular flexibility index (Phi) is 6.99.